The van der Waals surface area contributed by atoms with Crippen molar-refractivity contribution in [2.24, 2.45) is 0 Å². The second kappa shape index (κ2) is 5.30. The summed E-state index contributed by atoms with van der Waals surface area (Å²) in [4.78, 5) is 13.8. The van der Waals surface area contributed by atoms with Crippen molar-refractivity contribution in [2.75, 3.05) is 13.1 Å². The molecule has 1 saturated heterocycles. The molecule has 1 fully saturated rings. The van der Waals surface area contributed by atoms with Gasteiger partial charge in [-0.15, -0.1) is 0 Å². The van der Waals surface area contributed by atoms with Gasteiger partial charge in [-0.25, -0.2) is 4.39 Å². The van der Waals surface area contributed by atoms with E-state index in [0.29, 0.717) is 6.42 Å². The van der Waals surface area contributed by atoms with Crippen LogP contribution < -0.4 is 0 Å². The van der Waals surface area contributed by atoms with Crippen molar-refractivity contribution in [1.29, 1.82) is 0 Å². The van der Waals surface area contributed by atoms with Crippen molar-refractivity contribution in [3.63, 3.8) is 0 Å². The lowest BCUT2D eigenvalue weighted by molar-refractivity contribution is -0.133. The van der Waals surface area contributed by atoms with Crippen molar-refractivity contribution >= 4 is 5.91 Å². The molecule has 1 aliphatic rings. The first-order valence-electron chi connectivity index (χ1n) is 6.24. The molecule has 0 N–H and O–H groups in total. The molecule has 1 aromatic rings. The van der Waals surface area contributed by atoms with Crippen LogP contribution in [0, 0.1) is 5.82 Å². The average Bonchev–Trinajstić information content (AvgIpc) is 2.32. The quantitative estimate of drug-likeness (QED) is 0.788. The SMILES string of the molecule is CCCN1CCC(c2cccc(F)c2)CC1=O. The van der Waals surface area contributed by atoms with Crippen LogP contribution in [0.15, 0.2) is 24.3 Å². The molecule has 0 aromatic heterocycles. The van der Waals surface area contributed by atoms with E-state index in [1.165, 1.54) is 6.07 Å². The third kappa shape index (κ3) is 2.84. The van der Waals surface area contributed by atoms with Gasteiger partial charge in [0, 0.05) is 19.5 Å². The first kappa shape index (κ1) is 12.1. The summed E-state index contributed by atoms with van der Waals surface area (Å²) >= 11 is 0. The number of rotatable bonds is 3. The summed E-state index contributed by atoms with van der Waals surface area (Å²) in [6, 6.07) is 6.62. The monoisotopic (exact) mass is 235 g/mol. The second-order valence-electron chi connectivity index (χ2n) is 4.63. The molecule has 0 aliphatic carbocycles. The minimum atomic E-state index is -0.217. The number of likely N-dealkylation sites (tertiary alicyclic amines) is 1. The summed E-state index contributed by atoms with van der Waals surface area (Å²) in [5.74, 6) is 0.171. The van der Waals surface area contributed by atoms with E-state index in [0.717, 1.165) is 31.5 Å². The molecule has 1 aliphatic heterocycles. The summed E-state index contributed by atoms with van der Waals surface area (Å²) in [5.41, 5.74) is 0.953. The van der Waals surface area contributed by atoms with E-state index in [9.17, 15) is 9.18 Å². The van der Waals surface area contributed by atoms with Crippen molar-refractivity contribution in [1.82, 2.24) is 4.90 Å². The molecular weight excluding hydrogens is 217 g/mol. The van der Waals surface area contributed by atoms with Gasteiger partial charge in [0.05, 0.1) is 0 Å². The van der Waals surface area contributed by atoms with E-state index in [1.807, 2.05) is 11.0 Å². The summed E-state index contributed by atoms with van der Waals surface area (Å²) in [5, 5.41) is 0. The lowest BCUT2D eigenvalue weighted by Crippen LogP contribution is -2.38. The zero-order valence-electron chi connectivity index (χ0n) is 10.2. The summed E-state index contributed by atoms with van der Waals surface area (Å²) in [6.07, 6.45) is 2.45. The molecule has 0 spiro atoms. The van der Waals surface area contributed by atoms with Gasteiger partial charge < -0.3 is 4.90 Å². The Balaban J connectivity index is 2.04. The minimum absolute atomic E-state index is 0.186. The Morgan fingerprint density at radius 1 is 1.47 bits per heavy atom. The maximum Gasteiger partial charge on any atom is 0.223 e. The van der Waals surface area contributed by atoms with Crippen LogP contribution in [0.25, 0.3) is 0 Å². The molecule has 2 rings (SSSR count). The topological polar surface area (TPSA) is 20.3 Å². The van der Waals surface area contributed by atoms with Gasteiger partial charge in [-0.05, 0) is 36.5 Å². The summed E-state index contributed by atoms with van der Waals surface area (Å²) in [7, 11) is 0. The zero-order chi connectivity index (χ0) is 12.3. The first-order valence-corrected chi connectivity index (χ1v) is 6.24. The van der Waals surface area contributed by atoms with Gasteiger partial charge in [0.15, 0.2) is 0 Å². The number of halogens is 1. The Morgan fingerprint density at radius 2 is 2.29 bits per heavy atom. The molecule has 1 aromatic carbocycles. The fourth-order valence-electron chi connectivity index (χ4n) is 2.43. The van der Waals surface area contributed by atoms with Gasteiger partial charge >= 0.3 is 0 Å². The molecule has 17 heavy (non-hydrogen) atoms. The number of amides is 1. The Bertz CT molecular complexity index is 405. The third-order valence-electron chi connectivity index (χ3n) is 3.33. The second-order valence-corrected chi connectivity index (χ2v) is 4.63. The Hall–Kier alpha value is -1.38. The molecule has 1 unspecified atom stereocenters. The fraction of sp³-hybridized carbons (Fsp3) is 0.500. The maximum atomic E-state index is 13.1. The molecular formula is C14H18FNO. The van der Waals surface area contributed by atoms with Crippen molar-refractivity contribution in [3.8, 4) is 0 Å². The highest BCUT2D eigenvalue weighted by molar-refractivity contribution is 5.78. The van der Waals surface area contributed by atoms with Gasteiger partial charge in [0.1, 0.15) is 5.82 Å². The summed E-state index contributed by atoms with van der Waals surface area (Å²) in [6.45, 7) is 3.72. The predicted molar refractivity (Wildman–Crippen MR) is 65.2 cm³/mol. The number of benzene rings is 1. The average molecular weight is 235 g/mol. The standard InChI is InChI=1S/C14H18FNO/c1-2-7-16-8-6-12(10-14(16)17)11-4-3-5-13(15)9-11/h3-5,9,12H,2,6-8,10H2,1H3. The van der Waals surface area contributed by atoms with Gasteiger partial charge in [-0.3, -0.25) is 4.79 Å². The van der Waals surface area contributed by atoms with Crippen LogP contribution in [0.3, 0.4) is 0 Å². The van der Waals surface area contributed by atoms with E-state index in [2.05, 4.69) is 6.92 Å². The highest BCUT2D eigenvalue weighted by Crippen LogP contribution is 2.29. The molecule has 2 nitrogen and oxygen atoms in total. The molecule has 0 saturated carbocycles. The largest absolute Gasteiger partial charge is 0.343 e. The van der Waals surface area contributed by atoms with Gasteiger partial charge in [-0.1, -0.05) is 19.1 Å². The van der Waals surface area contributed by atoms with Gasteiger partial charge in [0.2, 0.25) is 5.91 Å². The smallest absolute Gasteiger partial charge is 0.223 e. The van der Waals surface area contributed by atoms with Gasteiger partial charge in [0.25, 0.3) is 0 Å². The highest BCUT2D eigenvalue weighted by Gasteiger charge is 2.26. The normalized spacial score (nSPS) is 20.7. The number of hydrogen-bond acceptors (Lipinski definition) is 1. The molecule has 0 radical (unpaired) electrons. The molecule has 3 heteroatoms. The number of nitrogens with zero attached hydrogens (tertiary/aromatic N) is 1. The first-order chi connectivity index (χ1) is 8.20. The lowest BCUT2D eigenvalue weighted by Gasteiger charge is -2.31. The number of carbonyl (C=O) groups is 1. The van der Waals surface area contributed by atoms with E-state index >= 15 is 0 Å². The van der Waals surface area contributed by atoms with Crippen LogP contribution in [0.2, 0.25) is 0 Å². The minimum Gasteiger partial charge on any atom is -0.343 e. The van der Waals surface area contributed by atoms with Crippen LogP contribution in [-0.4, -0.2) is 23.9 Å². The number of carbonyl (C=O) groups excluding carboxylic acids is 1. The van der Waals surface area contributed by atoms with Crippen molar-refractivity contribution in [2.45, 2.75) is 32.1 Å². The van der Waals surface area contributed by atoms with Crippen LogP contribution in [0.1, 0.15) is 37.7 Å². The highest BCUT2D eigenvalue weighted by atomic mass is 19.1. The molecule has 1 amide bonds. The summed E-state index contributed by atoms with van der Waals surface area (Å²) < 4.78 is 13.1. The maximum absolute atomic E-state index is 13.1. The van der Waals surface area contributed by atoms with Crippen molar-refractivity contribution < 1.29 is 9.18 Å². The third-order valence-corrected chi connectivity index (χ3v) is 3.33. The van der Waals surface area contributed by atoms with Gasteiger partial charge in [-0.2, -0.15) is 0 Å². The Morgan fingerprint density at radius 3 is 2.94 bits per heavy atom. The van der Waals surface area contributed by atoms with E-state index in [4.69, 9.17) is 0 Å². The molecule has 92 valence electrons. The van der Waals surface area contributed by atoms with Crippen LogP contribution in [0.5, 0.6) is 0 Å². The van der Waals surface area contributed by atoms with E-state index in [-0.39, 0.29) is 17.6 Å². The van der Waals surface area contributed by atoms with E-state index in [1.54, 1.807) is 12.1 Å². The molecule has 0 bridgehead atoms. The number of piperidine rings is 1. The predicted octanol–water partition coefficient (Wildman–Crippen LogP) is 2.94. The van der Waals surface area contributed by atoms with Crippen LogP contribution >= 0.6 is 0 Å². The van der Waals surface area contributed by atoms with Crippen LogP contribution in [-0.2, 0) is 4.79 Å². The fourth-order valence-corrected chi connectivity index (χ4v) is 2.43. The zero-order valence-corrected chi connectivity index (χ0v) is 10.2. The lowest BCUT2D eigenvalue weighted by atomic mass is 9.89. The van der Waals surface area contributed by atoms with Crippen LogP contribution in [0.4, 0.5) is 4.39 Å². The van der Waals surface area contributed by atoms with E-state index < -0.39 is 0 Å². The Labute approximate surface area is 101 Å². The van der Waals surface area contributed by atoms with Crippen molar-refractivity contribution in [3.05, 3.63) is 35.6 Å². The molecule has 1 heterocycles. The Kier molecular flexibility index (Phi) is 3.77. The number of hydrogen-bond donors (Lipinski definition) is 0. The molecule has 1 atom stereocenters.